The third-order valence-electron chi connectivity index (χ3n) is 1.23. The van der Waals surface area contributed by atoms with E-state index < -0.39 is 17.8 Å². The second-order valence-electron chi connectivity index (χ2n) is 3.94. The van der Waals surface area contributed by atoms with Crippen LogP contribution in [0.2, 0.25) is 0 Å². The van der Waals surface area contributed by atoms with E-state index in [1.54, 1.807) is 20.8 Å². The zero-order valence-electron chi connectivity index (χ0n) is 8.83. The first-order chi connectivity index (χ1) is 6.35. The Kier molecular flexibility index (Phi) is 5.03. The molecule has 0 aromatic carbocycles. The number of amides is 1. The third kappa shape index (κ3) is 7.44. The maximum atomic E-state index is 11.1. The number of alkyl carbamates (subject to hydrolysis) is 1. The molecule has 0 rings (SSSR count). The van der Waals surface area contributed by atoms with Crippen LogP contribution in [0.1, 0.15) is 27.2 Å². The van der Waals surface area contributed by atoms with Crippen LogP contribution < -0.4 is 5.32 Å². The Morgan fingerprint density at radius 1 is 1.64 bits per heavy atom. The highest BCUT2D eigenvalue weighted by Gasteiger charge is 2.16. The molecule has 0 aliphatic carbocycles. The summed E-state index contributed by atoms with van der Waals surface area (Å²) >= 11 is 0. The summed E-state index contributed by atoms with van der Waals surface area (Å²) in [6.45, 7) is 5.42. The van der Waals surface area contributed by atoms with Gasteiger partial charge < -0.3 is 15.2 Å². The SMILES string of the molecule is C#CCC(O)CNC(=O)OC(C)(C)C. The molecule has 1 atom stereocenters. The average molecular weight is 199 g/mol. The Morgan fingerprint density at radius 3 is 2.64 bits per heavy atom. The van der Waals surface area contributed by atoms with E-state index in [0.29, 0.717) is 0 Å². The molecule has 0 aliphatic rings. The monoisotopic (exact) mass is 199 g/mol. The molecule has 14 heavy (non-hydrogen) atoms. The first-order valence-electron chi connectivity index (χ1n) is 4.43. The highest BCUT2D eigenvalue weighted by Crippen LogP contribution is 2.06. The van der Waals surface area contributed by atoms with E-state index in [2.05, 4.69) is 11.2 Å². The second-order valence-corrected chi connectivity index (χ2v) is 3.94. The summed E-state index contributed by atoms with van der Waals surface area (Å²) in [6, 6.07) is 0. The van der Waals surface area contributed by atoms with Crippen LogP contribution in [0, 0.1) is 12.3 Å². The van der Waals surface area contributed by atoms with E-state index in [0.717, 1.165) is 0 Å². The molecule has 0 saturated heterocycles. The molecule has 0 bridgehead atoms. The molecule has 0 aromatic heterocycles. The van der Waals surface area contributed by atoms with Crippen molar-refractivity contribution in [2.75, 3.05) is 6.54 Å². The summed E-state index contributed by atoms with van der Waals surface area (Å²) in [5, 5.41) is 11.6. The third-order valence-corrected chi connectivity index (χ3v) is 1.23. The minimum absolute atomic E-state index is 0.110. The quantitative estimate of drug-likeness (QED) is 0.664. The molecular weight excluding hydrogens is 182 g/mol. The van der Waals surface area contributed by atoms with Crippen LogP contribution in [0.5, 0.6) is 0 Å². The van der Waals surface area contributed by atoms with E-state index in [9.17, 15) is 9.90 Å². The van der Waals surface area contributed by atoms with Crippen LogP contribution in [0.4, 0.5) is 4.79 Å². The number of aliphatic hydroxyl groups is 1. The molecule has 0 aliphatic heterocycles. The van der Waals surface area contributed by atoms with Crippen molar-refractivity contribution in [3.63, 3.8) is 0 Å². The molecule has 1 amide bonds. The topological polar surface area (TPSA) is 58.6 Å². The lowest BCUT2D eigenvalue weighted by Crippen LogP contribution is -2.36. The van der Waals surface area contributed by atoms with Gasteiger partial charge in [0, 0.05) is 13.0 Å². The number of carbonyl (C=O) groups excluding carboxylic acids is 1. The lowest BCUT2D eigenvalue weighted by molar-refractivity contribution is 0.0494. The van der Waals surface area contributed by atoms with Crippen molar-refractivity contribution in [2.45, 2.75) is 38.9 Å². The molecular formula is C10H17NO3. The highest BCUT2D eigenvalue weighted by atomic mass is 16.6. The molecule has 4 heteroatoms. The van der Waals surface area contributed by atoms with Crippen molar-refractivity contribution in [1.29, 1.82) is 0 Å². The minimum atomic E-state index is -0.715. The number of hydrogen-bond acceptors (Lipinski definition) is 3. The van der Waals surface area contributed by atoms with Gasteiger partial charge in [0.1, 0.15) is 5.60 Å². The number of ether oxygens (including phenoxy) is 1. The Morgan fingerprint density at radius 2 is 2.21 bits per heavy atom. The van der Waals surface area contributed by atoms with Crippen LogP contribution in [0.15, 0.2) is 0 Å². The maximum Gasteiger partial charge on any atom is 0.407 e. The predicted octanol–water partition coefficient (Wildman–Crippen LogP) is 0.895. The molecule has 2 N–H and O–H groups in total. The van der Waals surface area contributed by atoms with Crippen LogP contribution in [0.25, 0.3) is 0 Å². The van der Waals surface area contributed by atoms with Gasteiger partial charge >= 0.3 is 6.09 Å². The zero-order chi connectivity index (χ0) is 11.2. The second kappa shape index (κ2) is 5.51. The Hall–Kier alpha value is -1.21. The van der Waals surface area contributed by atoms with Crippen molar-refractivity contribution in [3.05, 3.63) is 0 Å². The number of nitrogens with one attached hydrogen (secondary N) is 1. The first-order valence-corrected chi connectivity index (χ1v) is 4.43. The fourth-order valence-corrected chi connectivity index (χ4v) is 0.724. The summed E-state index contributed by atoms with van der Waals surface area (Å²) in [6.07, 6.45) is 3.94. The van der Waals surface area contributed by atoms with Crippen LogP contribution in [-0.2, 0) is 4.74 Å². The van der Waals surface area contributed by atoms with E-state index in [4.69, 9.17) is 11.2 Å². The number of hydrogen-bond donors (Lipinski definition) is 2. The number of terminal acetylenes is 1. The van der Waals surface area contributed by atoms with Gasteiger partial charge in [-0.1, -0.05) is 0 Å². The molecule has 80 valence electrons. The van der Waals surface area contributed by atoms with Gasteiger partial charge in [0.15, 0.2) is 0 Å². The molecule has 0 fully saturated rings. The molecule has 0 heterocycles. The predicted molar refractivity (Wildman–Crippen MR) is 53.7 cm³/mol. The van der Waals surface area contributed by atoms with Crippen molar-refractivity contribution in [3.8, 4) is 12.3 Å². The van der Waals surface area contributed by atoms with Gasteiger partial charge in [0.2, 0.25) is 0 Å². The molecule has 0 radical (unpaired) electrons. The van der Waals surface area contributed by atoms with Gasteiger partial charge in [-0.25, -0.2) is 4.79 Å². The molecule has 4 nitrogen and oxygen atoms in total. The van der Waals surface area contributed by atoms with Gasteiger partial charge in [-0.15, -0.1) is 12.3 Å². The molecule has 0 saturated carbocycles. The van der Waals surface area contributed by atoms with Gasteiger partial charge in [-0.2, -0.15) is 0 Å². The van der Waals surface area contributed by atoms with Gasteiger partial charge in [0.05, 0.1) is 6.10 Å². The normalized spacial score (nSPS) is 12.8. The maximum absolute atomic E-state index is 11.1. The lowest BCUT2D eigenvalue weighted by Gasteiger charge is -2.20. The summed E-state index contributed by atoms with van der Waals surface area (Å²) in [5.74, 6) is 2.30. The minimum Gasteiger partial charge on any atom is -0.444 e. The average Bonchev–Trinajstić information content (AvgIpc) is 1.98. The number of rotatable bonds is 3. The fraction of sp³-hybridized carbons (Fsp3) is 0.700. The summed E-state index contributed by atoms with van der Waals surface area (Å²) in [4.78, 5) is 11.1. The van der Waals surface area contributed by atoms with Crippen molar-refractivity contribution in [2.24, 2.45) is 0 Å². The Bertz CT molecular complexity index is 225. The highest BCUT2D eigenvalue weighted by molar-refractivity contribution is 5.67. The summed E-state index contributed by atoms with van der Waals surface area (Å²) in [7, 11) is 0. The van der Waals surface area contributed by atoms with Gasteiger partial charge in [-0.05, 0) is 20.8 Å². The molecule has 1 unspecified atom stereocenters. The molecule has 0 spiro atoms. The summed E-state index contributed by atoms with van der Waals surface area (Å²) in [5.41, 5.74) is -0.527. The summed E-state index contributed by atoms with van der Waals surface area (Å²) < 4.78 is 4.95. The van der Waals surface area contributed by atoms with Crippen LogP contribution in [0.3, 0.4) is 0 Å². The molecule has 0 aromatic rings. The standard InChI is InChI=1S/C10H17NO3/c1-5-6-8(12)7-11-9(13)14-10(2,3)4/h1,8,12H,6-7H2,2-4H3,(H,11,13). The van der Waals surface area contributed by atoms with Crippen LogP contribution >= 0.6 is 0 Å². The lowest BCUT2D eigenvalue weighted by atomic mass is 10.2. The zero-order valence-corrected chi connectivity index (χ0v) is 8.83. The largest absolute Gasteiger partial charge is 0.444 e. The van der Waals surface area contributed by atoms with Crippen molar-refractivity contribution < 1.29 is 14.6 Å². The van der Waals surface area contributed by atoms with Crippen molar-refractivity contribution in [1.82, 2.24) is 5.32 Å². The number of carbonyl (C=O) groups is 1. The smallest absolute Gasteiger partial charge is 0.407 e. The van der Waals surface area contributed by atoms with E-state index in [1.807, 2.05) is 0 Å². The Balaban J connectivity index is 3.71. The van der Waals surface area contributed by atoms with Crippen LogP contribution in [-0.4, -0.2) is 29.4 Å². The van der Waals surface area contributed by atoms with Gasteiger partial charge in [0.25, 0.3) is 0 Å². The fourth-order valence-electron chi connectivity index (χ4n) is 0.724. The van der Waals surface area contributed by atoms with Crippen molar-refractivity contribution >= 4 is 6.09 Å². The Labute approximate surface area is 84.6 Å². The van der Waals surface area contributed by atoms with E-state index in [-0.39, 0.29) is 13.0 Å². The first kappa shape index (κ1) is 12.8. The van der Waals surface area contributed by atoms with E-state index >= 15 is 0 Å². The van der Waals surface area contributed by atoms with Gasteiger partial charge in [-0.3, -0.25) is 0 Å². The van der Waals surface area contributed by atoms with E-state index in [1.165, 1.54) is 0 Å². The number of aliphatic hydroxyl groups excluding tert-OH is 1.